The van der Waals surface area contributed by atoms with Crippen LogP contribution in [0.25, 0.3) is 10.9 Å². The van der Waals surface area contributed by atoms with Crippen molar-refractivity contribution in [1.82, 2.24) is 10.3 Å². The Labute approximate surface area is 76.2 Å². The molecule has 0 saturated heterocycles. The molecule has 0 bridgehead atoms. The van der Waals surface area contributed by atoms with Crippen LogP contribution in [0.5, 0.6) is 0 Å². The molecule has 4 nitrogen and oxygen atoms in total. The molecule has 1 aromatic heterocycles. The third kappa shape index (κ3) is 1.03. The van der Waals surface area contributed by atoms with Crippen molar-refractivity contribution in [2.24, 2.45) is 0 Å². The molecule has 0 fully saturated rings. The molecular weight excluding hydrogens is 221 g/mol. The summed E-state index contributed by atoms with van der Waals surface area (Å²) in [6, 6.07) is 7.26. The number of H-pyrrole nitrogens is 1. The first-order valence-electron chi connectivity index (χ1n) is 3.36. The number of rotatable bonds is 0. The molecule has 0 aliphatic heterocycles. The first kappa shape index (κ1) is 7.46. The molecule has 0 unspecified atom stereocenters. The Kier molecular flexibility index (Phi) is 1.67. The Hall–Kier alpha value is -1.19. The van der Waals surface area contributed by atoms with E-state index in [1.54, 1.807) is 6.07 Å². The fraction of sp³-hybridized carbons (Fsp3) is 0. The summed E-state index contributed by atoms with van der Waals surface area (Å²) >= 11 is 2.71. The summed E-state index contributed by atoms with van der Waals surface area (Å²) in [6.45, 7) is 0. The van der Waals surface area contributed by atoms with Crippen molar-refractivity contribution in [3.8, 4) is 0 Å². The fourth-order valence-electron chi connectivity index (χ4n) is 1.04. The Morgan fingerprint density at radius 1 is 1.42 bits per heavy atom. The van der Waals surface area contributed by atoms with Crippen LogP contribution in [0, 0.1) is 0 Å². The van der Waals surface area contributed by atoms with Crippen molar-refractivity contribution < 1.29 is 3.70 Å². The van der Waals surface area contributed by atoms with Gasteiger partial charge in [0.05, 0.1) is 0 Å². The van der Waals surface area contributed by atoms with Gasteiger partial charge in [-0.2, -0.15) is 0 Å². The van der Waals surface area contributed by atoms with Crippen LogP contribution in [0.3, 0.4) is 0 Å². The molecule has 2 aromatic rings. The van der Waals surface area contributed by atoms with Gasteiger partial charge in [0, 0.05) is 0 Å². The van der Waals surface area contributed by atoms with Gasteiger partial charge in [-0.05, 0) is 0 Å². The average Bonchev–Trinajstić information content (AvgIpc) is 2.12. The first-order valence-corrected chi connectivity index (χ1v) is 4.13. The third-order valence-corrected chi connectivity index (χ3v) is 2.18. The van der Waals surface area contributed by atoms with E-state index in [0.717, 1.165) is 5.52 Å². The summed E-state index contributed by atoms with van der Waals surface area (Å²) in [7, 11) is 0. The zero-order valence-corrected chi connectivity index (χ0v) is 7.73. The third-order valence-electron chi connectivity index (χ3n) is 1.60. The van der Waals surface area contributed by atoms with Crippen LogP contribution < -0.4 is 9.26 Å². The quantitative estimate of drug-likeness (QED) is 0.594. The minimum absolute atomic E-state index is 0.169. The topological polar surface area (TPSA) is 49.6 Å². The maximum atomic E-state index is 11.2. The molecule has 0 radical (unpaired) electrons. The SMILES string of the molecule is O=c1[nH]n[n+]([Se-])c2ccccc12. The zero-order chi connectivity index (χ0) is 8.55. The average molecular weight is 226 g/mol. The van der Waals surface area contributed by atoms with Crippen molar-refractivity contribution >= 4 is 27.1 Å². The number of nitrogens with zero attached hydrogens (tertiary/aromatic N) is 2. The van der Waals surface area contributed by atoms with Crippen molar-refractivity contribution in [2.75, 3.05) is 0 Å². The van der Waals surface area contributed by atoms with E-state index in [0.29, 0.717) is 5.39 Å². The van der Waals surface area contributed by atoms with Gasteiger partial charge in [-0.3, -0.25) is 0 Å². The van der Waals surface area contributed by atoms with E-state index >= 15 is 0 Å². The summed E-state index contributed by atoms with van der Waals surface area (Å²) in [5, 5.41) is 6.73. The molecule has 1 N–H and O–H groups in total. The Morgan fingerprint density at radius 2 is 2.17 bits per heavy atom. The summed E-state index contributed by atoms with van der Waals surface area (Å²) in [6.07, 6.45) is 0. The molecule has 60 valence electrons. The predicted octanol–water partition coefficient (Wildman–Crippen LogP) is -0.858. The van der Waals surface area contributed by atoms with Crippen LogP contribution in [0.4, 0.5) is 0 Å². The van der Waals surface area contributed by atoms with Gasteiger partial charge in [-0.1, -0.05) is 0 Å². The molecule has 1 aromatic carbocycles. The van der Waals surface area contributed by atoms with Crippen molar-refractivity contribution in [2.45, 2.75) is 0 Å². The van der Waals surface area contributed by atoms with Crippen molar-refractivity contribution in [3.05, 3.63) is 34.6 Å². The Bertz CT molecular complexity index is 479. The van der Waals surface area contributed by atoms with E-state index in [9.17, 15) is 4.79 Å². The maximum absolute atomic E-state index is 11.2. The van der Waals surface area contributed by atoms with E-state index in [-0.39, 0.29) is 5.56 Å². The molecule has 1 heterocycles. The summed E-state index contributed by atoms with van der Waals surface area (Å²) in [5.74, 6) is 0. The van der Waals surface area contributed by atoms with Crippen LogP contribution in [-0.4, -0.2) is 26.5 Å². The molecule has 0 saturated carbocycles. The number of nitrogens with one attached hydrogen (secondary N) is 1. The predicted molar refractivity (Wildman–Crippen MR) is 43.7 cm³/mol. The van der Waals surface area contributed by atoms with Crippen molar-refractivity contribution in [3.63, 3.8) is 0 Å². The monoisotopic (exact) mass is 227 g/mol. The molecule has 2 rings (SSSR count). The van der Waals surface area contributed by atoms with Gasteiger partial charge in [0.1, 0.15) is 0 Å². The van der Waals surface area contributed by atoms with Gasteiger partial charge in [0.2, 0.25) is 0 Å². The molecule has 0 aliphatic carbocycles. The van der Waals surface area contributed by atoms with E-state index in [1.807, 2.05) is 18.2 Å². The zero-order valence-electron chi connectivity index (χ0n) is 6.02. The molecule has 0 aliphatic rings. The second-order valence-corrected chi connectivity index (χ2v) is 3.06. The van der Waals surface area contributed by atoms with Gasteiger partial charge in [-0.15, -0.1) is 0 Å². The van der Waals surface area contributed by atoms with Crippen LogP contribution in [0.15, 0.2) is 29.1 Å². The number of para-hydroxylation sites is 1. The van der Waals surface area contributed by atoms with E-state index in [2.05, 4.69) is 26.5 Å². The number of hydrogen-bond donors (Lipinski definition) is 1. The second-order valence-electron chi connectivity index (χ2n) is 2.33. The van der Waals surface area contributed by atoms with Gasteiger partial charge in [0.25, 0.3) is 0 Å². The summed E-state index contributed by atoms with van der Waals surface area (Å²) in [5.41, 5.74) is 0.610. The van der Waals surface area contributed by atoms with Crippen LogP contribution >= 0.6 is 0 Å². The van der Waals surface area contributed by atoms with E-state index in [1.165, 1.54) is 3.70 Å². The standard InChI is InChI=1S/C7H5N3OSe/c11-7-5-3-1-2-4-6(5)10(12)9-8-7/h1-4H,(H,8,11). The van der Waals surface area contributed by atoms with E-state index in [4.69, 9.17) is 0 Å². The van der Waals surface area contributed by atoms with Crippen molar-refractivity contribution in [1.29, 1.82) is 0 Å². The Morgan fingerprint density at radius 3 is 2.92 bits per heavy atom. The molecule has 0 atom stereocenters. The van der Waals surface area contributed by atoms with Crippen LogP contribution in [-0.2, 0) is 0 Å². The first-order chi connectivity index (χ1) is 5.79. The van der Waals surface area contributed by atoms with E-state index < -0.39 is 0 Å². The van der Waals surface area contributed by atoms with Crippen LogP contribution in [0.2, 0.25) is 0 Å². The summed E-state index contributed by atoms with van der Waals surface area (Å²) < 4.78 is 1.51. The second kappa shape index (κ2) is 2.69. The molecule has 5 heteroatoms. The number of hydrogen-bond acceptors (Lipinski definition) is 2. The van der Waals surface area contributed by atoms with Gasteiger partial charge >= 0.3 is 75.8 Å². The van der Waals surface area contributed by atoms with Gasteiger partial charge < -0.3 is 0 Å². The number of fused-ring (bicyclic) bond motifs is 1. The molecular formula is C7H5N3OSe. The number of aromatic amines is 1. The fourth-order valence-corrected chi connectivity index (χ4v) is 1.46. The molecule has 0 amide bonds. The van der Waals surface area contributed by atoms with Gasteiger partial charge in [0.15, 0.2) is 0 Å². The molecule has 12 heavy (non-hydrogen) atoms. The number of benzene rings is 1. The molecule has 0 spiro atoms. The Balaban J connectivity index is 3.05. The normalized spacial score (nSPS) is 10.3. The van der Waals surface area contributed by atoms with Crippen LogP contribution in [0.1, 0.15) is 0 Å². The van der Waals surface area contributed by atoms with Gasteiger partial charge in [-0.25, -0.2) is 0 Å². The number of aromatic nitrogens is 3. The minimum atomic E-state index is -0.169. The summed E-state index contributed by atoms with van der Waals surface area (Å²) in [4.78, 5) is 11.2.